The maximum Gasteiger partial charge on any atom is 0.239 e. The second kappa shape index (κ2) is 6.30. The molecule has 2 aliphatic heterocycles. The quantitative estimate of drug-likeness (QED) is 0.841. The molecular formula is C19H26N6O. The lowest BCUT2D eigenvalue weighted by Gasteiger charge is -2.40. The predicted octanol–water partition coefficient (Wildman–Crippen LogP) is 1.80. The summed E-state index contributed by atoms with van der Waals surface area (Å²) in [6.07, 6.45) is 6.63. The van der Waals surface area contributed by atoms with Crippen LogP contribution in [0.2, 0.25) is 0 Å². The van der Waals surface area contributed by atoms with Crippen molar-refractivity contribution in [2.75, 3.05) is 26.7 Å². The van der Waals surface area contributed by atoms with Gasteiger partial charge in [-0.3, -0.25) is 9.69 Å². The lowest BCUT2D eigenvalue weighted by Crippen LogP contribution is -2.53. The molecule has 7 nitrogen and oxygen atoms in total. The Labute approximate surface area is 153 Å². The van der Waals surface area contributed by atoms with Gasteiger partial charge in [0.2, 0.25) is 5.91 Å². The first kappa shape index (κ1) is 16.2. The minimum absolute atomic E-state index is 0.0736. The van der Waals surface area contributed by atoms with Gasteiger partial charge < -0.3 is 4.90 Å². The molecule has 0 spiro atoms. The summed E-state index contributed by atoms with van der Waals surface area (Å²) in [5.74, 6) is 2.29. The van der Waals surface area contributed by atoms with E-state index in [1.807, 2.05) is 22.5 Å². The van der Waals surface area contributed by atoms with E-state index in [1.165, 1.54) is 18.5 Å². The summed E-state index contributed by atoms with van der Waals surface area (Å²) in [5, 5.41) is 13.6. The first-order valence-electron chi connectivity index (χ1n) is 9.92. The monoisotopic (exact) mass is 354 g/mol. The first-order chi connectivity index (χ1) is 12.7. The van der Waals surface area contributed by atoms with Gasteiger partial charge in [-0.2, -0.15) is 9.61 Å². The number of hydrogen-bond acceptors (Lipinski definition) is 5. The van der Waals surface area contributed by atoms with E-state index in [9.17, 15) is 4.79 Å². The number of nitrogens with zero attached hydrogens (tertiary/aromatic N) is 6. The summed E-state index contributed by atoms with van der Waals surface area (Å²) < 4.78 is 1.97. The standard InChI is InChI=1S/C19H26N6O/c1-23-10-2-3-16(19(23)26)24-11-8-14(9-12-24)18-21-20-17-7-6-15(13-4-5-13)22-25(17)18/h6-7,13-14,16H,2-5,8-12H2,1H3. The summed E-state index contributed by atoms with van der Waals surface area (Å²) in [5.41, 5.74) is 2.02. The summed E-state index contributed by atoms with van der Waals surface area (Å²) in [6.45, 7) is 2.80. The Morgan fingerprint density at radius 1 is 0.962 bits per heavy atom. The van der Waals surface area contributed by atoms with Crippen molar-refractivity contribution in [1.29, 1.82) is 0 Å². The lowest BCUT2D eigenvalue weighted by atomic mass is 9.93. The van der Waals surface area contributed by atoms with Crippen molar-refractivity contribution in [3.05, 3.63) is 23.7 Å². The Morgan fingerprint density at radius 3 is 2.54 bits per heavy atom. The SMILES string of the molecule is CN1CCCC(N2CCC(c3nnc4ccc(C5CC5)nn34)CC2)C1=O. The van der Waals surface area contributed by atoms with Crippen LogP contribution in [-0.4, -0.2) is 68.2 Å². The van der Waals surface area contributed by atoms with E-state index in [1.54, 1.807) is 0 Å². The third-order valence-electron chi connectivity index (χ3n) is 6.27. The minimum Gasteiger partial charge on any atom is -0.344 e. The number of likely N-dealkylation sites (tertiary alicyclic amines) is 2. The molecule has 5 rings (SSSR count). The molecule has 1 saturated carbocycles. The maximum atomic E-state index is 12.5. The van der Waals surface area contributed by atoms with Crippen molar-refractivity contribution in [2.45, 2.75) is 56.4 Å². The summed E-state index contributed by atoms with van der Waals surface area (Å²) in [6, 6.07) is 4.21. The number of piperidine rings is 2. The van der Waals surface area contributed by atoms with Crippen molar-refractivity contribution in [1.82, 2.24) is 29.6 Å². The third kappa shape index (κ3) is 2.78. The van der Waals surface area contributed by atoms with Crippen molar-refractivity contribution in [3.63, 3.8) is 0 Å². The first-order valence-corrected chi connectivity index (χ1v) is 9.92. The van der Waals surface area contributed by atoms with Gasteiger partial charge in [-0.15, -0.1) is 10.2 Å². The maximum absolute atomic E-state index is 12.5. The molecule has 1 unspecified atom stereocenters. The highest BCUT2D eigenvalue weighted by molar-refractivity contribution is 5.82. The van der Waals surface area contributed by atoms with E-state index in [2.05, 4.69) is 21.2 Å². The van der Waals surface area contributed by atoms with Crippen molar-refractivity contribution in [2.24, 2.45) is 0 Å². The Balaban J connectivity index is 1.31. The Hall–Kier alpha value is -2.02. The fraction of sp³-hybridized carbons (Fsp3) is 0.684. The number of carbonyl (C=O) groups excluding carboxylic acids is 1. The summed E-state index contributed by atoms with van der Waals surface area (Å²) in [4.78, 5) is 16.7. The molecule has 2 aromatic rings. The number of carbonyl (C=O) groups is 1. The van der Waals surface area contributed by atoms with E-state index >= 15 is 0 Å². The molecule has 138 valence electrons. The van der Waals surface area contributed by atoms with Crippen molar-refractivity contribution in [3.8, 4) is 0 Å². The van der Waals surface area contributed by atoms with Gasteiger partial charge in [0, 0.05) is 25.4 Å². The van der Waals surface area contributed by atoms with Crippen LogP contribution in [0.25, 0.3) is 5.65 Å². The van der Waals surface area contributed by atoms with Gasteiger partial charge in [-0.1, -0.05) is 0 Å². The Bertz CT molecular complexity index is 821. The number of aromatic nitrogens is 4. The van der Waals surface area contributed by atoms with Gasteiger partial charge in [0.25, 0.3) is 0 Å². The molecule has 1 aliphatic carbocycles. The van der Waals surface area contributed by atoms with Crippen LogP contribution in [0.3, 0.4) is 0 Å². The molecule has 0 N–H and O–H groups in total. The van der Waals surface area contributed by atoms with Gasteiger partial charge in [-0.25, -0.2) is 0 Å². The number of rotatable bonds is 3. The van der Waals surface area contributed by atoms with Gasteiger partial charge >= 0.3 is 0 Å². The smallest absolute Gasteiger partial charge is 0.239 e. The summed E-state index contributed by atoms with van der Waals surface area (Å²) >= 11 is 0. The summed E-state index contributed by atoms with van der Waals surface area (Å²) in [7, 11) is 1.92. The molecule has 0 radical (unpaired) electrons. The van der Waals surface area contributed by atoms with Crippen LogP contribution in [-0.2, 0) is 4.79 Å². The average molecular weight is 354 g/mol. The van der Waals surface area contributed by atoms with E-state index in [-0.39, 0.29) is 6.04 Å². The van der Waals surface area contributed by atoms with Gasteiger partial charge in [0.1, 0.15) is 0 Å². The van der Waals surface area contributed by atoms with Crippen LogP contribution in [0.5, 0.6) is 0 Å². The van der Waals surface area contributed by atoms with Crippen LogP contribution in [0.4, 0.5) is 0 Å². The molecule has 7 heteroatoms. The molecule has 3 aliphatic rings. The normalized spacial score (nSPS) is 26.0. The molecule has 0 aromatic carbocycles. The molecular weight excluding hydrogens is 328 g/mol. The Kier molecular flexibility index (Phi) is 3.92. The molecule has 3 fully saturated rings. The zero-order valence-corrected chi connectivity index (χ0v) is 15.3. The zero-order valence-electron chi connectivity index (χ0n) is 15.3. The van der Waals surface area contributed by atoms with Crippen LogP contribution in [0.15, 0.2) is 12.1 Å². The highest BCUT2D eigenvalue weighted by atomic mass is 16.2. The van der Waals surface area contributed by atoms with E-state index in [0.29, 0.717) is 17.7 Å². The van der Waals surface area contributed by atoms with Gasteiger partial charge in [0.15, 0.2) is 11.5 Å². The Morgan fingerprint density at radius 2 is 1.77 bits per heavy atom. The van der Waals surface area contributed by atoms with E-state index in [4.69, 9.17) is 5.10 Å². The average Bonchev–Trinajstić information content (AvgIpc) is 3.44. The number of amides is 1. The number of likely N-dealkylation sites (N-methyl/N-ethyl adjacent to an activating group) is 1. The van der Waals surface area contributed by atoms with Gasteiger partial charge in [0.05, 0.1) is 11.7 Å². The molecule has 1 amide bonds. The zero-order chi connectivity index (χ0) is 17.7. The topological polar surface area (TPSA) is 66.6 Å². The van der Waals surface area contributed by atoms with Crippen LogP contribution in [0.1, 0.15) is 61.9 Å². The second-order valence-electron chi connectivity index (χ2n) is 8.09. The van der Waals surface area contributed by atoms with Crippen molar-refractivity contribution >= 4 is 11.6 Å². The predicted molar refractivity (Wildman–Crippen MR) is 97.0 cm³/mol. The molecule has 4 heterocycles. The van der Waals surface area contributed by atoms with E-state index < -0.39 is 0 Å². The van der Waals surface area contributed by atoms with E-state index in [0.717, 1.165) is 56.8 Å². The lowest BCUT2D eigenvalue weighted by molar-refractivity contribution is -0.139. The fourth-order valence-corrected chi connectivity index (χ4v) is 4.49. The largest absolute Gasteiger partial charge is 0.344 e. The molecule has 2 aromatic heterocycles. The highest BCUT2D eigenvalue weighted by Crippen LogP contribution is 2.39. The highest BCUT2D eigenvalue weighted by Gasteiger charge is 2.35. The van der Waals surface area contributed by atoms with Crippen LogP contribution in [0, 0.1) is 0 Å². The fourth-order valence-electron chi connectivity index (χ4n) is 4.49. The number of fused-ring (bicyclic) bond motifs is 1. The molecule has 2 saturated heterocycles. The molecule has 1 atom stereocenters. The van der Waals surface area contributed by atoms with Crippen LogP contribution < -0.4 is 0 Å². The second-order valence-corrected chi connectivity index (χ2v) is 8.09. The third-order valence-corrected chi connectivity index (χ3v) is 6.27. The minimum atomic E-state index is 0.0736. The van der Waals surface area contributed by atoms with Gasteiger partial charge in [-0.05, 0) is 63.7 Å². The molecule has 0 bridgehead atoms. The van der Waals surface area contributed by atoms with Crippen molar-refractivity contribution < 1.29 is 4.79 Å². The van der Waals surface area contributed by atoms with Crippen LogP contribution >= 0.6 is 0 Å². The molecule has 26 heavy (non-hydrogen) atoms. The number of hydrogen-bond donors (Lipinski definition) is 0.